The van der Waals surface area contributed by atoms with Gasteiger partial charge in [0.25, 0.3) is 0 Å². The van der Waals surface area contributed by atoms with Crippen molar-refractivity contribution in [3.8, 4) is 22.8 Å². The molecule has 0 aliphatic carbocycles. The molecule has 0 saturated carbocycles. The minimum Gasteiger partial charge on any atom is -0.374 e. The molecule has 0 radical (unpaired) electrons. The molecule has 3 aromatic rings. The smallest absolute Gasteiger partial charge is 0.200 e. The molecule has 2 N–H and O–H groups in total. The first kappa shape index (κ1) is 10.8. The van der Waals surface area contributed by atoms with E-state index in [0.29, 0.717) is 11.0 Å². The van der Waals surface area contributed by atoms with Crippen molar-refractivity contribution in [3.05, 3.63) is 42.7 Å². The van der Waals surface area contributed by atoms with Crippen LogP contribution >= 0.6 is 11.5 Å². The standard InChI is InChI=1S/C12H9N5S/c13-12-16-11(17-18-12)10-3-1-2-9(15-10)8-4-6-14-7-5-8/h1-7H,(H2,13,16,17). The van der Waals surface area contributed by atoms with Gasteiger partial charge in [0.1, 0.15) is 5.69 Å². The fourth-order valence-corrected chi connectivity index (χ4v) is 2.02. The zero-order valence-corrected chi connectivity index (χ0v) is 10.1. The molecule has 6 heteroatoms. The van der Waals surface area contributed by atoms with Crippen LogP contribution in [-0.2, 0) is 0 Å². The van der Waals surface area contributed by atoms with Crippen LogP contribution in [0, 0.1) is 0 Å². The maximum absolute atomic E-state index is 5.57. The van der Waals surface area contributed by atoms with Gasteiger partial charge in [-0.1, -0.05) is 6.07 Å². The molecule has 3 aromatic heterocycles. The van der Waals surface area contributed by atoms with Crippen LogP contribution in [0.15, 0.2) is 42.7 Å². The van der Waals surface area contributed by atoms with Crippen molar-refractivity contribution in [2.45, 2.75) is 0 Å². The van der Waals surface area contributed by atoms with E-state index in [0.717, 1.165) is 17.0 Å². The van der Waals surface area contributed by atoms with Crippen molar-refractivity contribution < 1.29 is 0 Å². The Morgan fingerprint density at radius 3 is 2.44 bits per heavy atom. The van der Waals surface area contributed by atoms with Gasteiger partial charge in [0.15, 0.2) is 11.0 Å². The highest BCUT2D eigenvalue weighted by atomic mass is 32.1. The number of hydrogen-bond acceptors (Lipinski definition) is 6. The summed E-state index contributed by atoms with van der Waals surface area (Å²) in [7, 11) is 0. The van der Waals surface area contributed by atoms with Crippen molar-refractivity contribution in [2.24, 2.45) is 0 Å². The molecule has 3 rings (SSSR count). The van der Waals surface area contributed by atoms with Crippen LogP contribution in [-0.4, -0.2) is 19.3 Å². The molecular weight excluding hydrogens is 246 g/mol. The van der Waals surface area contributed by atoms with E-state index in [1.54, 1.807) is 12.4 Å². The summed E-state index contributed by atoms with van der Waals surface area (Å²) >= 11 is 1.17. The minimum absolute atomic E-state index is 0.445. The van der Waals surface area contributed by atoms with Crippen LogP contribution in [0.5, 0.6) is 0 Å². The Balaban J connectivity index is 2.05. The van der Waals surface area contributed by atoms with Gasteiger partial charge < -0.3 is 5.73 Å². The minimum atomic E-state index is 0.445. The number of nitrogens with two attached hydrogens (primary N) is 1. The first-order valence-electron chi connectivity index (χ1n) is 5.30. The van der Waals surface area contributed by atoms with E-state index < -0.39 is 0 Å². The Kier molecular flexibility index (Phi) is 2.70. The predicted octanol–water partition coefficient (Wildman–Crippen LogP) is 2.24. The second-order valence-electron chi connectivity index (χ2n) is 3.60. The van der Waals surface area contributed by atoms with E-state index >= 15 is 0 Å². The molecule has 0 fully saturated rings. The average Bonchev–Trinajstić information content (AvgIpc) is 2.87. The summed E-state index contributed by atoms with van der Waals surface area (Å²) in [4.78, 5) is 12.6. The monoisotopic (exact) mass is 255 g/mol. The second kappa shape index (κ2) is 4.50. The Bertz CT molecular complexity index is 665. The van der Waals surface area contributed by atoms with Crippen molar-refractivity contribution >= 4 is 16.7 Å². The molecule has 0 unspecified atom stereocenters. The van der Waals surface area contributed by atoms with Crippen LogP contribution in [0.25, 0.3) is 22.8 Å². The van der Waals surface area contributed by atoms with Gasteiger partial charge in [-0.3, -0.25) is 4.98 Å². The Hall–Kier alpha value is -2.34. The summed E-state index contributed by atoms with van der Waals surface area (Å²) in [5, 5.41) is 0.445. The van der Waals surface area contributed by atoms with E-state index in [-0.39, 0.29) is 0 Å². The molecule has 0 spiro atoms. The summed E-state index contributed by atoms with van der Waals surface area (Å²) in [6.45, 7) is 0. The number of nitrogens with zero attached hydrogens (tertiary/aromatic N) is 4. The largest absolute Gasteiger partial charge is 0.374 e. The molecule has 88 valence electrons. The fraction of sp³-hybridized carbons (Fsp3) is 0. The normalized spacial score (nSPS) is 10.4. The maximum atomic E-state index is 5.57. The van der Waals surface area contributed by atoms with Gasteiger partial charge in [-0.15, -0.1) is 0 Å². The van der Waals surface area contributed by atoms with Gasteiger partial charge in [0, 0.05) is 29.5 Å². The lowest BCUT2D eigenvalue weighted by molar-refractivity contribution is 1.23. The lowest BCUT2D eigenvalue weighted by atomic mass is 10.1. The summed E-state index contributed by atoms with van der Waals surface area (Å²) in [6, 6.07) is 9.56. The highest BCUT2D eigenvalue weighted by Crippen LogP contribution is 2.21. The van der Waals surface area contributed by atoms with Crippen molar-refractivity contribution in [2.75, 3.05) is 5.73 Å². The molecular formula is C12H9N5S. The van der Waals surface area contributed by atoms with Crippen LogP contribution < -0.4 is 5.73 Å². The maximum Gasteiger partial charge on any atom is 0.200 e. The van der Waals surface area contributed by atoms with E-state index in [1.165, 1.54) is 11.5 Å². The zero-order valence-electron chi connectivity index (χ0n) is 9.32. The third kappa shape index (κ3) is 2.05. The number of anilines is 1. The van der Waals surface area contributed by atoms with Crippen molar-refractivity contribution in [3.63, 3.8) is 0 Å². The Morgan fingerprint density at radius 2 is 1.72 bits per heavy atom. The highest BCUT2D eigenvalue weighted by Gasteiger charge is 2.07. The first-order chi connectivity index (χ1) is 8.83. The third-order valence-corrected chi connectivity index (χ3v) is 2.94. The topological polar surface area (TPSA) is 77.6 Å². The van der Waals surface area contributed by atoms with Gasteiger partial charge >= 0.3 is 0 Å². The summed E-state index contributed by atoms with van der Waals surface area (Å²) in [5.74, 6) is 0.563. The quantitative estimate of drug-likeness (QED) is 0.759. The lowest BCUT2D eigenvalue weighted by Gasteiger charge is -2.01. The number of nitrogen functional groups attached to an aromatic ring is 1. The molecule has 0 saturated heterocycles. The second-order valence-corrected chi connectivity index (χ2v) is 4.38. The first-order valence-corrected chi connectivity index (χ1v) is 6.07. The van der Waals surface area contributed by atoms with Crippen LogP contribution in [0.1, 0.15) is 0 Å². The highest BCUT2D eigenvalue weighted by molar-refractivity contribution is 7.09. The van der Waals surface area contributed by atoms with Gasteiger partial charge in [0.05, 0.1) is 5.69 Å². The predicted molar refractivity (Wildman–Crippen MR) is 70.8 cm³/mol. The summed E-state index contributed by atoms with van der Waals surface area (Å²) in [6.07, 6.45) is 3.48. The fourth-order valence-electron chi connectivity index (χ4n) is 1.58. The molecule has 0 aromatic carbocycles. The number of pyridine rings is 2. The SMILES string of the molecule is Nc1nc(-c2cccc(-c3ccncc3)n2)ns1. The van der Waals surface area contributed by atoms with Crippen molar-refractivity contribution in [1.29, 1.82) is 0 Å². The molecule has 0 amide bonds. The molecule has 0 aliphatic rings. The zero-order chi connectivity index (χ0) is 12.4. The lowest BCUT2D eigenvalue weighted by Crippen LogP contribution is -1.90. The molecule has 0 atom stereocenters. The van der Waals surface area contributed by atoms with E-state index in [4.69, 9.17) is 5.73 Å². The van der Waals surface area contributed by atoms with E-state index in [1.807, 2.05) is 30.3 Å². The average molecular weight is 255 g/mol. The van der Waals surface area contributed by atoms with Crippen LogP contribution in [0.3, 0.4) is 0 Å². The Labute approximate surface area is 108 Å². The van der Waals surface area contributed by atoms with Gasteiger partial charge in [-0.25, -0.2) is 4.98 Å². The van der Waals surface area contributed by atoms with Crippen LogP contribution in [0.4, 0.5) is 5.13 Å². The van der Waals surface area contributed by atoms with Crippen molar-refractivity contribution in [1.82, 2.24) is 19.3 Å². The molecule has 3 heterocycles. The van der Waals surface area contributed by atoms with E-state index in [9.17, 15) is 0 Å². The van der Waals surface area contributed by atoms with E-state index in [2.05, 4.69) is 19.3 Å². The summed E-state index contributed by atoms with van der Waals surface area (Å²) in [5.41, 5.74) is 8.17. The molecule has 18 heavy (non-hydrogen) atoms. The van der Waals surface area contributed by atoms with Gasteiger partial charge in [0.2, 0.25) is 0 Å². The number of rotatable bonds is 2. The number of hydrogen-bond donors (Lipinski definition) is 1. The molecule has 0 aliphatic heterocycles. The third-order valence-electron chi connectivity index (χ3n) is 2.40. The molecule has 0 bridgehead atoms. The van der Waals surface area contributed by atoms with Gasteiger partial charge in [-0.2, -0.15) is 9.36 Å². The Morgan fingerprint density at radius 1 is 0.944 bits per heavy atom. The molecule has 5 nitrogen and oxygen atoms in total. The number of aromatic nitrogens is 4. The summed E-state index contributed by atoms with van der Waals surface area (Å²) < 4.78 is 4.15. The van der Waals surface area contributed by atoms with Gasteiger partial charge in [-0.05, 0) is 24.3 Å². The van der Waals surface area contributed by atoms with Crippen LogP contribution in [0.2, 0.25) is 0 Å².